The standard InChI is InChI=1S/C7H15NOS/c1-2-3-4-7(9)10-6-5-8/h2-6,8H2,1H3. The van der Waals surface area contributed by atoms with Crippen LogP contribution in [0.15, 0.2) is 0 Å². The monoisotopic (exact) mass is 161 g/mol. The molecule has 2 nitrogen and oxygen atoms in total. The second-order valence-electron chi connectivity index (χ2n) is 2.11. The van der Waals surface area contributed by atoms with Gasteiger partial charge in [-0.05, 0) is 6.42 Å². The van der Waals surface area contributed by atoms with Crippen molar-refractivity contribution >= 4 is 16.9 Å². The average Bonchev–Trinajstić information content (AvgIpc) is 1.97. The summed E-state index contributed by atoms with van der Waals surface area (Å²) in [5.41, 5.74) is 5.23. The Morgan fingerprint density at radius 3 is 2.80 bits per heavy atom. The molecule has 0 spiro atoms. The lowest BCUT2D eigenvalue weighted by Gasteiger charge is -1.95. The highest BCUT2D eigenvalue weighted by Gasteiger charge is 1.99. The van der Waals surface area contributed by atoms with E-state index >= 15 is 0 Å². The quantitative estimate of drug-likeness (QED) is 0.662. The number of rotatable bonds is 5. The first-order chi connectivity index (χ1) is 4.81. The minimum absolute atomic E-state index is 0.285. The van der Waals surface area contributed by atoms with E-state index in [1.165, 1.54) is 11.8 Å². The molecule has 0 aliphatic rings. The predicted molar refractivity (Wildman–Crippen MR) is 46.0 cm³/mol. The van der Waals surface area contributed by atoms with Crippen molar-refractivity contribution in [1.82, 2.24) is 0 Å². The van der Waals surface area contributed by atoms with Gasteiger partial charge in [-0.15, -0.1) is 0 Å². The van der Waals surface area contributed by atoms with E-state index < -0.39 is 0 Å². The van der Waals surface area contributed by atoms with Crippen LogP contribution in [0.25, 0.3) is 0 Å². The van der Waals surface area contributed by atoms with E-state index in [-0.39, 0.29) is 5.12 Å². The molecule has 3 heteroatoms. The van der Waals surface area contributed by atoms with Crippen molar-refractivity contribution in [3.63, 3.8) is 0 Å². The van der Waals surface area contributed by atoms with Gasteiger partial charge in [0.1, 0.15) is 0 Å². The highest BCUT2D eigenvalue weighted by atomic mass is 32.2. The van der Waals surface area contributed by atoms with Gasteiger partial charge in [-0.2, -0.15) is 0 Å². The second kappa shape index (κ2) is 7.09. The third-order valence-corrected chi connectivity index (χ3v) is 2.08. The molecule has 0 aromatic heterocycles. The third kappa shape index (κ3) is 6.11. The lowest BCUT2D eigenvalue weighted by Crippen LogP contribution is -2.04. The van der Waals surface area contributed by atoms with Gasteiger partial charge in [-0.3, -0.25) is 4.79 Å². The fraction of sp³-hybridized carbons (Fsp3) is 0.857. The lowest BCUT2D eigenvalue weighted by molar-refractivity contribution is -0.111. The van der Waals surface area contributed by atoms with E-state index in [9.17, 15) is 4.79 Å². The van der Waals surface area contributed by atoms with Crippen molar-refractivity contribution in [3.8, 4) is 0 Å². The van der Waals surface area contributed by atoms with Crippen molar-refractivity contribution in [2.45, 2.75) is 26.2 Å². The number of carbonyl (C=O) groups excluding carboxylic acids is 1. The summed E-state index contributed by atoms with van der Waals surface area (Å²) in [6, 6.07) is 0. The maximum Gasteiger partial charge on any atom is 0.188 e. The van der Waals surface area contributed by atoms with Crippen LogP contribution in [0.4, 0.5) is 0 Å². The normalized spacial score (nSPS) is 9.80. The zero-order chi connectivity index (χ0) is 7.82. The molecule has 0 rings (SSSR count). The molecule has 0 fully saturated rings. The van der Waals surface area contributed by atoms with Gasteiger partial charge in [0.2, 0.25) is 0 Å². The molecule has 0 aliphatic carbocycles. The Balaban J connectivity index is 3.09. The minimum atomic E-state index is 0.285. The first-order valence-corrected chi connectivity index (χ1v) is 4.65. The number of carbonyl (C=O) groups is 1. The van der Waals surface area contributed by atoms with Crippen molar-refractivity contribution in [3.05, 3.63) is 0 Å². The molecular weight excluding hydrogens is 146 g/mol. The molecule has 0 atom stereocenters. The largest absolute Gasteiger partial charge is 0.330 e. The summed E-state index contributed by atoms with van der Waals surface area (Å²) in [6.07, 6.45) is 2.81. The van der Waals surface area contributed by atoms with Crippen LogP contribution in [0, 0.1) is 0 Å². The van der Waals surface area contributed by atoms with Crippen LogP contribution in [-0.4, -0.2) is 17.4 Å². The Morgan fingerprint density at radius 1 is 1.60 bits per heavy atom. The molecular formula is C7H15NOS. The number of thioether (sulfide) groups is 1. The van der Waals surface area contributed by atoms with Crippen LogP contribution in [0.2, 0.25) is 0 Å². The topological polar surface area (TPSA) is 43.1 Å². The van der Waals surface area contributed by atoms with Crippen LogP contribution >= 0.6 is 11.8 Å². The van der Waals surface area contributed by atoms with Gasteiger partial charge in [0.15, 0.2) is 5.12 Å². The molecule has 0 amide bonds. The Morgan fingerprint density at radius 2 is 2.30 bits per heavy atom. The fourth-order valence-corrected chi connectivity index (χ4v) is 1.20. The van der Waals surface area contributed by atoms with Gasteiger partial charge >= 0.3 is 0 Å². The van der Waals surface area contributed by atoms with Gasteiger partial charge in [0, 0.05) is 18.7 Å². The average molecular weight is 161 g/mol. The summed E-state index contributed by atoms with van der Waals surface area (Å²) in [6.45, 7) is 2.68. The summed E-state index contributed by atoms with van der Waals surface area (Å²) >= 11 is 1.35. The number of hydrogen-bond acceptors (Lipinski definition) is 3. The van der Waals surface area contributed by atoms with E-state index in [1.54, 1.807) is 0 Å². The van der Waals surface area contributed by atoms with Crippen LogP contribution in [0.1, 0.15) is 26.2 Å². The van der Waals surface area contributed by atoms with Gasteiger partial charge in [-0.1, -0.05) is 25.1 Å². The van der Waals surface area contributed by atoms with Crippen molar-refractivity contribution in [2.24, 2.45) is 5.73 Å². The van der Waals surface area contributed by atoms with E-state index in [0.717, 1.165) is 18.6 Å². The SMILES string of the molecule is CCCCC(=O)SCCN. The third-order valence-electron chi connectivity index (χ3n) is 1.12. The van der Waals surface area contributed by atoms with Crippen LogP contribution in [-0.2, 0) is 4.79 Å². The lowest BCUT2D eigenvalue weighted by atomic mass is 10.3. The summed E-state index contributed by atoms with van der Waals surface area (Å²) in [5, 5.41) is 0.285. The van der Waals surface area contributed by atoms with Crippen molar-refractivity contribution in [1.29, 1.82) is 0 Å². The van der Waals surface area contributed by atoms with E-state index in [4.69, 9.17) is 5.73 Å². The van der Waals surface area contributed by atoms with Crippen molar-refractivity contribution in [2.75, 3.05) is 12.3 Å². The number of nitrogens with two attached hydrogens (primary N) is 1. The number of unbranched alkanes of at least 4 members (excludes halogenated alkanes) is 1. The Kier molecular flexibility index (Phi) is 7.08. The molecule has 10 heavy (non-hydrogen) atoms. The summed E-state index contributed by atoms with van der Waals surface area (Å²) in [7, 11) is 0. The summed E-state index contributed by atoms with van der Waals surface area (Å²) in [4.78, 5) is 10.9. The zero-order valence-corrected chi connectivity index (χ0v) is 7.25. The molecule has 0 radical (unpaired) electrons. The highest BCUT2D eigenvalue weighted by molar-refractivity contribution is 8.13. The smallest absolute Gasteiger partial charge is 0.188 e. The fourth-order valence-electron chi connectivity index (χ4n) is 0.566. The molecule has 0 bridgehead atoms. The van der Waals surface area contributed by atoms with E-state index in [2.05, 4.69) is 6.92 Å². The van der Waals surface area contributed by atoms with Gasteiger partial charge in [0.05, 0.1) is 0 Å². The Hall–Kier alpha value is -0.0200. The van der Waals surface area contributed by atoms with Gasteiger partial charge in [-0.25, -0.2) is 0 Å². The Labute approximate surface area is 66.6 Å². The molecule has 60 valence electrons. The molecule has 0 heterocycles. The summed E-state index contributed by atoms with van der Waals surface area (Å²) < 4.78 is 0. The van der Waals surface area contributed by atoms with Gasteiger partial charge in [0.25, 0.3) is 0 Å². The zero-order valence-electron chi connectivity index (χ0n) is 6.43. The van der Waals surface area contributed by atoms with E-state index in [1.807, 2.05) is 0 Å². The summed E-state index contributed by atoms with van der Waals surface area (Å²) in [5.74, 6) is 0.766. The maximum atomic E-state index is 10.9. The molecule has 0 saturated carbocycles. The maximum absolute atomic E-state index is 10.9. The minimum Gasteiger partial charge on any atom is -0.330 e. The highest BCUT2D eigenvalue weighted by Crippen LogP contribution is 2.07. The van der Waals surface area contributed by atoms with Crippen LogP contribution in [0.5, 0.6) is 0 Å². The van der Waals surface area contributed by atoms with Crippen LogP contribution < -0.4 is 5.73 Å². The molecule has 0 aromatic carbocycles. The van der Waals surface area contributed by atoms with Gasteiger partial charge < -0.3 is 5.73 Å². The van der Waals surface area contributed by atoms with E-state index in [0.29, 0.717) is 13.0 Å². The Bertz CT molecular complexity index is 85.6. The van der Waals surface area contributed by atoms with Crippen molar-refractivity contribution < 1.29 is 4.79 Å². The molecule has 0 aromatic rings. The first kappa shape index (κ1) is 9.98. The van der Waals surface area contributed by atoms with Crippen LogP contribution in [0.3, 0.4) is 0 Å². The predicted octanol–water partition coefficient (Wildman–Crippen LogP) is 1.40. The number of hydrogen-bond donors (Lipinski definition) is 1. The first-order valence-electron chi connectivity index (χ1n) is 3.67. The molecule has 0 aliphatic heterocycles. The molecule has 2 N–H and O–H groups in total. The second-order valence-corrected chi connectivity index (χ2v) is 3.26. The molecule has 0 saturated heterocycles. The molecule has 0 unspecified atom stereocenters.